The molecule has 0 saturated carbocycles. The highest BCUT2D eigenvalue weighted by Crippen LogP contribution is 2.38. The van der Waals surface area contributed by atoms with E-state index in [2.05, 4.69) is 15.3 Å². The van der Waals surface area contributed by atoms with E-state index in [9.17, 15) is 27.6 Å². The van der Waals surface area contributed by atoms with Crippen LogP contribution in [0.15, 0.2) is 40.1 Å². The molecular formula is C21H19F3N4O4. The van der Waals surface area contributed by atoms with E-state index in [1.807, 2.05) is 0 Å². The molecule has 0 bridgehead atoms. The third kappa shape index (κ3) is 3.68. The van der Waals surface area contributed by atoms with E-state index in [0.717, 1.165) is 22.9 Å². The van der Waals surface area contributed by atoms with Gasteiger partial charge in [0.05, 0.1) is 42.0 Å². The maximum atomic E-state index is 14.1. The fourth-order valence-corrected chi connectivity index (χ4v) is 3.87. The molecule has 0 spiro atoms. The molecule has 2 atom stereocenters. The SMILES string of the molecule is C[C@@H](NC(=O)[C@@H](n1c(=O)[nH]c2ccc(F)cc2c1=O)C1(C)COC1)c1ncc(F)cc1F. The molecule has 11 heteroatoms. The second kappa shape index (κ2) is 7.90. The first-order chi connectivity index (χ1) is 15.1. The van der Waals surface area contributed by atoms with Crippen LogP contribution in [-0.4, -0.2) is 33.7 Å². The molecule has 1 amide bonds. The molecule has 3 heterocycles. The summed E-state index contributed by atoms with van der Waals surface area (Å²) in [6.07, 6.45) is 0.812. The summed E-state index contributed by atoms with van der Waals surface area (Å²) in [5, 5.41) is 2.43. The standard InChI is InChI=1S/C21H19F3N4O4/c1-10(16-14(24)6-12(23)7-25-16)26-18(29)17(21(2)8-32-9-21)28-19(30)13-5-11(22)3-4-15(13)27-20(28)31/h3-7,10,17H,8-9H2,1-2H3,(H,26,29)(H,27,31)/t10-,17-/m1/s1. The maximum absolute atomic E-state index is 14.1. The normalized spacial score (nSPS) is 16.9. The molecule has 32 heavy (non-hydrogen) atoms. The predicted molar refractivity (Wildman–Crippen MR) is 107 cm³/mol. The fourth-order valence-electron chi connectivity index (χ4n) is 3.87. The highest BCUT2D eigenvalue weighted by molar-refractivity contribution is 5.83. The minimum atomic E-state index is -1.34. The molecule has 1 aromatic carbocycles. The number of aromatic amines is 1. The van der Waals surface area contributed by atoms with Crippen molar-refractivity contribution in [2.75, 3.05) is 13.2 Å². The summed E-state index contributed by atoms with van der Waals surface area (Å²) >= 11 is 0. The third-order valence-corrected chi connectivity index (χ3v) is 5.53. The summed E-state index contributed by atoms with van der Waals surface area (Å²) in [7, 11) is 0. The van der Waals surface area contributed by atoms with E-state index in [0.29, 0.717) is 6.07 Å². The number of H-pyrrole nitrogens is 1. The number of hydrogen-bond acceptors (Lipinski definition) is 5. The molecule has 1 fully saturated rings. The molecule has 1 aliphatic rings. The number of nitrogens with zero attached hydrogens (tertiary/aromatic N) is 2. The van der Waals surface area contributed by atoms with Crippen molar-refractivity contribution in [1.29, 1.82) is 0 Å². The zero-order chi connectivity index (χ0) is 23.2. The average molecular weight is 448 g/mol. The molecule has 2 N–H and O–H groups in total. The Hall–Kier alpha value is -3.47. The van der Waals surface area contributed by atoms with Crippen molar-refractivity contribution in [1.82, 2.24) is 19.9 Å². The monoisotopic (exact) mass is 448 g/mol. The zero-order valence-corrected chi connectivity index (χ0v) is 17.1. The Morgan fingerprint density at radius 3 is 2.56 bits per heavy atom. The van der Waals surface area contributed by atoms with E-state index >= 15 is 0 Å². The molecule has 0 radical (unpaired) electrons. The van der Waals surface area contributed by atoms with Crippen LogP contribution in [0.1, 0.15) is 31.6 Å². The van der Waals surface area contributed by atoms with Gasteiger partial charge >= 0.3 is 5.69 Å². The number of amides is 1. The van der Waals surface area contributed by atoms with Gasteiger partial charge in [0.25, 0.3) is 5.56 Å². The van der Waals surface area contributed by atoms with Crippen molar-refractivity contribution >= 4 is 16.8 Å². The molecule has 1 aliphatic heterocycles. The van der Waals surface area contributed by atoms with Crippen molar-refractivity contribution < 1.29 is 22.7 Å². The summed E-state index contributed by atoms with van der Waals surface area (Å²) < 4.78 is 47.0. The van der Waals surface area contributed by atoms with E-state index in [1.54, 1.807) is 6.92 Å². The van der Waals surface area contributed by atoms with E-state index in [4.69, 9.17) is 4.74 Å². The lowest BCUT2D eigenvalue weighted by Crippen LogP contribution is -2.57. The van der Waals surface area contributed by atoms with Crippen LogP contribution in [0.3, 0.4) is 0 Å². The molecule has 4 rings (SSSR count). The number of ether oxygens (including phenoxy) is 1. The maximum Gasteiger partial charge on any atom is 0.329 e. The molecule has 3 aromatic rings. The number of halogens is 3. The van der Waals surface area contributed by atoms with E-state index < -0.39 is 52.1 Å². The Balaban J connectivity index is 1.78. The highest BCUT2D eigenvalue weighted by atomic mass is 19.1. The number of nitrogens with one attached hydrogen (secondary N) is 2. The summed E-state index contributed by atoms with van der Waals surface area (Å²) in [6.45, 7) is 3.25. The van der Waals surface area contributed by atoms with Crippen LogP contribution in [0.5, 0.6) is 0 Å². The lowest BCUT2D eigenvalue weighted by Gasteiger charge is -2.43. The Kier molecular flexibility index (Phi) is 5.37. The molecule has 1 saturated heterocycles. The largest absolute Gasteiger partial charge is 0.380 e. The first-order valence-electron chi connectivity index (χ1n) is 9.74. The van der Waals surface area contributed by atoms with Crippen LogP contribution in [0, 0.1) is 22.9 Å². The van der Waals surface area contributed by atoms with Crippen LogP contribution in [0.4, 0.5) is 13.2 Å². The van der Waals surface area contributed by atoms with E-state index in [-0.39, 0.29) is 29.8 Å². The van der Waals surface area contributed by atoms with Gasteiger partial charge in [0, 0.05) is 11.5 Å². The first-order valence-corrected chi connectivity index (χ1v) is 9.74. The molecular weight excluding hydrogens is 429 g/mol. The fraction of sp³-hybridized carbons (Fsp3) is 0.333. The molecule has 8 nitrogen and oxygen atoms in total. The Labute approximate surface area is 179 Å². The van der Waals surface area contributed by atoms with Crippen molar-refractivity contribution in [3.63, 3.8) is 0 Å². The number of fused-ring (bicyclic) bond motifs is 1. The highest BCUT2D eigenvalue weighted by Gasteiger charge is 2.48. The van der Waals surface area contributed by atoms with Crippen molar-refractivity contribution in [3.05, 3.63) is 74.4 Å². The Morgan fingerprint density at radius 2 is 1.94 bits per heavy atom. The van der Waals surface area contributed by atoms with Crippen LogP contribution >= 0.6 is 0 Å². The van der Waals surface area contributed by atoms with Crippen molar-refractivity contribution in [2.45, 2.75) is 25.9 Å². The zero-order valence-electron chi connectivity index (χ0n) is 17.1. The number of pyridine rings is 1. The van der Waals surface area contributed by atoms with Crippen LogP contribution in [-0.2, 0) is 9.53 Å². The van der Waals surface area contributed by atoms with Crippen LogP contribution in [0.2, 0.25) is 0 Å². The van der Waals surface area contributed by atoms with Gasteiger partial charge in [-0.3, -0.25) is 14.6 Å². The number of aromatic nitrogens is 3. The minimum Gasteiger partial charge on any atom is -0.380 e. The van der Waals surface area contributed by atoms with E-state index in [1.165, 1.54) is 13.0 Å². The van der Waals surface area contributed by atoms with Gasteiger partial charge in [0.1, 0.15) is 23.5 Å². The molecule has 0 unspecified atom stereocenters. The average Bonchev–Trinajstić information content (AvgIpc) is 2.69. The summed E-state index contributed by atoms with van der Waals surface area (Å²) in [6, 6.07) is 1.62. The summed E-state index contributed by atoms with van der Waals surface area (Å²) in [5.74, 6) is -3.27. The summed E-state index contributed by atoms with van der Waals surface area (Å²) in [5.41, 5.74) is -2.74. The minimum absolute atomic E-state index is 0.0791. The third-order valence-electron chi connectivity index (χ3n) is 5.53. The van der Waals surface area contributed by atoms with Gasteiger partial charge in [-0.2, -0.15) is 0 Å². The number of rotatable bonds is 5. The number of carbonyl (C=O) groups is 1. The number of benzene rings is 1. The van der Waals surface area contributed by atoms with Crippen molar-refractivity contribution in [3.8, 4) is 0 Å². The quantitative estimate of drug-likeness (QED) is 0.621. The lowest BCUT2D eigenvalue weighted by atomic mass is 9.79. The Morgan fingerprint density at radius 1 is 1.22 bits per heavy atom. The predicted octanol–water partition coefficient (Wildman–Crippen LogP) is 1.96. The topological polar surface area (TPSA) is 106 Å². The number of hydrogen-bond donors (Lipinski definition) is 2. The molecule has 2 aromatic heterocycles. The Bertz CT molecular complexity index is 1330. The van der Waals surface area contributed by atoms with Gasteiger partial charge in [-0.05, 0) is 25.1 Å². The van der Waals surface area contributed by atoms with Gasteiger partial charge in [-0.15, -0.1) is 0 Å². The molecule has 0 aliphatic carbocycles. The lowest BCUT2D eigenvalue weighted by molar-refractivity contribution is -0.155. The van der Waals surface area contributed by atoms with Gasteiger partial charge in [0.2, 0.25) is 5.91 Å². The second-order valence-electron chi connectivity index (χ2n) is 8.10. The number of carbonyl (C=O) groups excluding carboxylic acids is 1. The van der Waals surface area contributed by atoms with Gasteiger partial charge < -0.3 is 15.0 Å². The van der Waals surface area contributed by atoms with Crippen LogP contribution < -0.4 is 16.6 Å². The summed E-state index contributed by atoms with van der Waals surface area (Å²) in [4.78, 5) is 45.4. The van der Waals surface area contributed by atoms with Crippen LogP contribution in [0.25, 0.3) is 10.9 Å². The second-order valence-corrected chi connectivity index (χ2v) is 8.10. The van der Waals surface area contributed by atoms with Gasteiger partial charge in [-0.25, -0.2) is 22.5 Å². The van der Waals surface area contributed by atoms with Crippen molar-refractivity contribution in [2.24, 2.45) is 5.41 Å². The molecule has 168 valence electrons. The van der Waals surface area contributed by atoms with Gasteiger partial charge in [0.15, 0.2) is 0 Å². The smallest absolute Gasteiger partial charge is 0.329 e. The van der Waals surface area contributed by atoms with Gasteiger partial charge in [-0.1, -0.05) is 6.92 Å². The first kappa shape index (κ1) is 21.8.